The molecule has 2 aromatic carbocycles. The van der Waals surface area contributed by atoms with Crippen LogP contribution in [0.5, 0.6) is 0 Å². The third-order valence-corrected chi connectivity index (χ3v) is 5.77. The van der Waals surface area contributed by atoms with Gasteiger partial charge in [-0.3, -0.25) is 14.5 Å². The highest BCUT2D eigenvalue weighted by Gasteiger charge is 2.40. The van der Waals surface area contributed by atoms with Gasteiger partial charge in [-0.1, -0.05) is 72.9 Å². The van der Waals surface area contributed by atoms with Crippen molar-refractivity contribution in [2.75, 3.05) is 0 Å². The molecule has 0 radical (unpaired) electrons. The van der Waals surface area contributed by atoms with Gasteiger partial charge in [0.2, 0.25) is 0 Å². The molecule has 140 valence electrons. The van der Waals surface area contributed by atoms with Gasteiger partial charge in [0.25, 0.3) is 11.8 Å². The number of aryl methyl sites for hydroxylation is 1. The van der Waals surface area contributed by atoms with Crippen molar-refractivity contribution in [1.82, 2.24) is 4.90 Å². The predicted molar refractivity (Wildman–Crippen MR) is 113 cm³/mol. The third-order valence-electron chi connectivity index (χ3n) is 4.14. The molecule has 0 bridgehead atoms. The van der Waals surface area contributed by atoms with E-state index in [2.05, 4.69) is 0 Å². The fourth-order valence-electron chi connectivity index (χ4n) is 2.85. The van der Waals surface area contributed by atoms with Crippen LogP contribution in [0.3, 0.4) is 0 Å². The van der Waals surface area contributed by atoms with Crippen molar-refractivity contribution in [2.24, 2.45) is 0 Å². The van der Waals surface area contributed by atoms with E-state index < -0.39 is 0 Å². The quantitative estimate of drug-likeness (QED) is 0.581. The van der Waals surface area contributed by atoms with E-state index in [4.69, 9.17) is 23.2 Å². The Morgan fingerprint density at radius 1 is 1.00 bits per heavy atom. The molecule has 0 saturated carbocycles. The Balaban J connectivity index is 2.02. The number of carbonyl (C=O) groups is 2. The molecule has 0 fully saturated rings. The molecule has 3 nitrogen and oxygen atoms in total. The van der Waals surface area contributed by atoms with Crippen LogP contribution in [0.25, 0.3) is 5.57 Å². The largest absolute Gasteiger partial charge is 0.269 e. The van der Waals surface area contributed by atoms with Crippen LogP contribution < -0.4 is 0 Å². The van der Waals surface area contributed by atoms with E-state index in [1.54, 1.807) is 18.2 Å². The zero-order valence-electron chi connectivity index (χ0n) is 15.3. The summed E-state index contributed by atoms with van der Waals surface area (Å²) in [5.74, 6) is -0.603. The average molecular weight is 420 g/mol. The maximum Gasteiger partial charge on any atom is 0.268 e. The molecule has 1 aliphatic rings. The number of imide groups is 1. The highest BCUT2D eigenvalue weighted by atomic mass is 35.5. The summed E-state index contributed by atoms with van der Waals surface area (Å²) < 4.78 is 0. The van der Waals surface area contributed by atoms with Crippen LogP contribution in [-0.2, 0) is 16.1 Å². The van der Waals surface area contributed by atoms with Crippen LogP contribution in [0.1, 0.15) is 30.5 Å². The Labute approximate surface area is 173 Å². The van der Waals surface area contributed by atoms with Crippen molar-refractivity contribution >= 4 is 52.4 Å². The maximum atomic E-state index is 13.2. The van der Waals surface area contributed by atoms with Gasteiger partial charge in [0, 0.05) is 15.8 Å². The van der Waals surface area contributed by atoms with E-state index in [-0.39, 0.29) is 23.6 Å². The summed E-state index contributed by atoms with van der Waals surface area (Å²) >= 11 is 13.7. The highest BCUT2D eigenvalue weighted by Crippen LogP contribution is 2.41. The van der Waals surface area contributed by atoms with Gasteiger partial charge in [-0.05, 0) is 24.6 Å². The number of hydrogen-bond donors (Lipinski definition) is 0. The molecular weight excluding hydrogens is 401 g/mol. The van der Waals surface area contributed by atoms with Crippen molar-refractivity contribution in [2.45, 2.75) is 32.6 Å². The van der Waals surface area contributed by atoms with Gasteiger partial charge in [-0.15, -0.1) is 11.8 Å². The monoisotopic (exact) mass is 419 g/mol. The van der Waals surface area contributed by atoms with E-state index in [1.807, 2.05) is 45.0 Å². The molecule has 0 aliphatic carbocycles. The Morgan fingerprint density at radius 3 is 2.26 bits per heavy atom. The first-order valence-electron chi connectivity index (χ1n) is 8.56. The fraction of sp³-hybridized carbons (Fsp3) is 0.238. The SMILES string of the molecule is Cc1ccc(CN2C(=O)C(SC(C)C)=C(c3ccc(Cl)cc3Cl)C2=O)cc1. The zero-order chi connectivity index (χ0) is 19.7. The Kier molecular flexibility index (Phi) is 5.99. The molecule has 0 N–H and O–H groups in total. The van der Waals surface area contributed by atoms with Crippen LogP contribution in [-0.4, -0.2) is 22.0 Å². The Bertz CT molecular complexity index is 936. The number of nitrogens with zero attached hydrogens (tertiary/aromatic N) is 1. The van der Waals surface area contributed by atoms with Gasteiger partial charge in [0.1, 0.15) is 0 Å². The standard InChI is InChI=1S/C21H19Cl2NO2S/c1-12(2)27-19-18(16-9-8-15(22)10-17(16)23)20(25)24(21(19)26)11-14-6-4-13(3)5-7-14/h4-10,12H,11H2,1-3H3. The second kappa shape index (κ2) is 8.09. The molecular formula is C21H19Cl2NO2S. The molecule has 6 heteroatoms. The van der Waals surface area contributed by atoms with Gasteiger partial charge in [0.05, 0.1) is 22.0 Å². The molecule has 1 aliphatic heterocycles. The van der Waals surface area contributed by atoms with E-state index in [0.717, 1.165) is 11.1 Å². The lowest BCUT2D eigenvalue weighted by Gasteiger charge is -2.15. The minimum absolute atomic E-state index is 0.150. The summed E-state index contributed by atoms with van der Waals surface area (Å²) in [6, 6.07) is 12.7. The summed E-state index contributed by atoms with van der Waals surface area (Å²) in [6.45, 7) is 6.20. The minimum Gasteiger partial charge on any atom is -0.269 e. The minimum atomic E-state index is -0.326. The smallest absolute Gasteiger partial charge is 0.268 e. The molecule has 0 spiro atoms. The van der Waals surface area contributed by atoms with Gasteiger partial charge < -0.3 is 0 Å². The maximum absolute atomic E-state index is 13.2. The first kappa shape index (κ1) is 20.0. The van der Waals surface area contributed by atoms with Crippen molar-refractivity contribution in [3.05, 3.63) is 74.1 Å². The topological polar surface area (TPSA) is 37.4 Å². The number of hydrogen-bond acceptors (Lipinski definition) is 3. The molecule has 0 atom stereocenters. The number of halogens is 2. The van der Waals surface area contributed by atoms with Crippen LogP contribution in [0.2, 0.25) is 10.0 Å². The lowest BCUT2D eigenvalue weighted by Crippen LogP contribution is -2.31. The average Bonchev–Trinajstić information content (AvgIpc) is 2.81. The molecule has 27 heavy (non-hydrogen) atoms. The predicted octanol–water partition coefficient (Wildman–Crippen LogP) is 5.72. The first-order valence-corrected chi connectivity index (χ1v) is 10.2. The number of amides is 2. The van der Waals surface area contributed by atoms with E-state index in [1.165, 1.54) is 16.7 Å². The highest BCUT2D eigenvalue weighted by molar-refractivity contribution is 8.04. The van der Waals surface area contributed by atoms with Gasteiger partial charge in [-0.2, -0.15) is 0 Å². The summed E-state index contributed by atoms with van der Waals surface area (Å²) in [5, 5.41) is 0.991. The molecule has 2 aromatic rings. The van der Waals surface area contributed by atoms with Crippen molar-refractivity contribution in [3.63, 3.8) is 0 Å². The van der Waals surface area contributed by atoms with Crippen molar-refractivity contribution in [3.8, 4) is 0 Å². The van der Waals surface area contributed by atoms with Crippen LogP contribution in [0, 0.1) is 6.92 Å². The van der Waals surface area contributed by atoms with Gasteiger partial charge in [-0.25, -0.2) is 0 Å². The summed E-state index contributed by atoms with van der Waals surface area (Å²) in [7, 11) is 0. The molecule has 2 amide bonds. The van der Waals surface area contributed by atoms with Crippen LogP contribution in [0.15, 0.2) is 47.4 Å². The molecule has 1 heterocycles. The Morgan fingerprint density at radius 2 is 1.67 bits per heavy atom. The Hall–Kier alpha value is -1.75. The lowest BCUT2D eigenvalue weighted by molar-refractivity contribution is -0.137. The second-order valence-electron chi connectivity index (χ2n) is 6.68. The second-order valence-corrected chi connectivity index (χ2v) is 9.11. The molecule has 0 unspecified atom stereocenters. The number of thioether (sulfide) groups is 1. The summed E-state index contributed by atoms with van der Waals surface area (Å²) in [5.41, 5.74) is 2.92. The van der Waals surface area contributed by atoms with Crippen molar-refractivity contribution in [1.29, 1.82) is 0 Å². The van der Waals surface area contributed by atoms with Crippen LogP contribution in [0.4, 0.5) is 0 Å². The molecule has 3 rings (SSSR count). The number of benzene rings is 2. The summed E-state index contributed by atoms with van der Waals surface area (Å²) in [4.78, 5) is 27.9. The van der Waals surface area contributed by atoms with E-state index in [0.29, 0.717) is 26.1 Å². The van der Waals surface area contributed by atoms with Crippen molar-refractivity contribution < 1.29 is 9.59 Å². The van der Waals surface area contributed by atoms with Crippen LogP contribution >= 0.6 is 35.0 Å². The molecule has 0 saturated heterocycles. The van der Waals surface area contributed by atoms with E-state index >= 15 is 0 Å². The fourth-order valence-corrected chi connectivity index (χ4v) is 4.35. The molecule has 0 aromatic heterocycles. The van der Waals surface area contributed by atoms with Gasteiger partial charge in [0.15, 0.2) is 0 Å². The van der Waals surface area contributed by atoms with E-state index in [9.17, 15) is 9.59 Å². The normalized spacial score (nSPS) is 14.7. The summed E-state index contributed by atoms with van der Waals surface area (Å²) in [6.07, 6.45) is 0. The lowest BCUT2D eigenvalue weighted by atomic mass is 10.1. The number of carbonyl (C=O) groups excluding carboxylic acids is 2. The zero-order valence-corrected chi connectivity index (χ0v) is 17.6. The van der Waals surface area contributed by atoms with Gasteiger partial charge >= 0.3 is 0 Å². The first-order chi connectivity index (χ1) is 12.8. The number of rotatable bonds is 5. The third kappa shape index (κ3) is 4.23.